The molecule has 2 fully saturated rings. The van der Waals surface area contributed by atoms with Gasteiger partial charge < -0.3 is 25.0 Å². The predicted octanol–water partition coefficient (Wildman–Crippen LogP) is 0.576. The van der Waals surface area contributed by atoms with E-state index in [0.717, 1.165) is 0 Å². The van der Waals surface area contributed by atoms with E-state index in [2.05, 4.69) is 10.6 Å². The maximum atomic E-state index is 12.7. The summed E-state index contributed by atoms with van der Waals surface area (Å²) in [6.07, 6.45) is 0.834. The number of hydrogen-bond acceptors (Lipinski definition) is 6. The first-order chi connectivity index (χ1) is 12.6. The molecule has 0 bridgehead atoms. The van der Waals surface area contributed by atoms with Crippen LogP contribution in [-0.2, 0) is 14.4 Å². The third kappa shape index (κ3) is 3.31. The Bertz CT molecular complexity index is 756. The van der Waals surface area contributed by atoms with Crippen LogP contribution in [0.2, 0.25) is 0 Å². The van der Waals surface area contributed by atoms with Gasteiger partial charge in [-0.3, -0.25) is 14.4 Å². The molecule has 2 unspecified atom stereocenters. The van der Waals surface area contributed by atoms with Gasteiger partial charge in [0.2, 0.25) is 17.7 Å². The highest BCUT2D eigenvalue weighted by atomic mass is 32.2. The molecule has 138 valence electrons. The van der Waals surface area contributed by atoms with Crippen molar-refractivity contribution in [2.45, 2.75) is 24.9 Å². The van der Waals surface area contributed by atoms with Gasteiger partial charge in [-0.15, -0.1) is 11.8 Å². The summed E-state index contributed by atoms with van der Waals surface area (Å²) in [5.41, 5.74) is 0.595. The number of carbonyl (C=O) groups is 3. The molecule has 0 spiro atoms. The zero-order valence-corrected chi connectivity index (χ0v) is 14.8. The van der Waals surface area contributed by atoms with Crippen LogP contribution in [0.1, 0.15) is 12.8 Å². The summed E-state index contributed by atoms with van der Waals surface area (Å²) in [6, 6.07) is 4.14. The standard InChI is InChI=1S/C17H19N3O5S/c21-15-4-2-11(19-15)17(23)20-9-26-8-12(20)16(22)18-10-1-3-13-14(7-10)25-6-5-24-13/h1,3,7,11-12H,2,4-6,8-9H2,(H,18,22)(H,19,21). The molecule has 1 aromatic carbocycles. The molecular formula is C17H19N3O5S. The molecule has 3 aliphatic heterocycles. The van der Waals surface area contributed by atoms with E-state index in [1.54, 1.807) is 23.1 Å². The fourth-order valence-corrected chi connectivity index (χ4v) is 4.39. The van der Waals surface area contributed by atoms with Crippen LogP contribution in [0.4, 0.5) is 5.69 Å². The van der Waals surface area contributed by atoms with Gasteiger partial charge in [0.25, 0.3) is 0 Å². The Morgan fingerprint density at radius 3 is 2.81 bits per heavy atom. The van der Waals surface area contributed by atoms with E-state index >= 15 is 0 Å². The first kappa shape index (κ1) is 17.0. The number of rotatable bonds is 3. The van der Waals surface area contributed by atoms with Gasteiger partial charge in [-0.25, -0.2) is 0 Å². The second-order valence-corrected chi connectivity index (χ2v) is 7.33. The number of ether oxygens (including phenoxy) is 2. The Balaban J connectivity index is 1.43. The number of carbonyl (C=O) groups excluding carboxylic acids is 3. The fraction of sp³-hybridized carbons (Fsp3) is 0.471. The Labute approximate surface area is 154 Å². The number of amides is 3. The minimum atomic E-state index is -0.557. The third-order valence-corrected chi connectivity index (χ3v) is 5.58. The Morgan fingerprint density at radius 1 is 1.23 bits per heavy atom. The lowest BCUT2D eigenvalue weighted by atomic mass is 10.1. The van der Waals surface area contributed by atoms with Crippen molar-refractivity contribution >= 4 is 35.2 Å². The van der Waals surface area contributed by atoms with E-state index in [1.807, 2.05) is 0 Å². The van der Waals surface area contributed by atoms with Crippen molar-refractivity contribution in [2.75, 3.05) is 30.2 Å². The predicted molar refractivity (Wildman–Crippen MR) is 95.2 cm³/mol. The van der Waals surface area contributed by atoms with Gasteiger partial charge in [0.1, 0.15) is 25.3 Å². The second kappa shape index (κ2) is 7.06. The summed E-state index contributed by atoms with van der Waals surface area (Å²) < 4.78 is 11.0. The molecule has 0 aromatic heterocycles. The largest absolute Gasteiger partial charge is 0.486 e. The van der Waals surface area contributed by atoms with Crippen LogP contribution in [0.15, 0.2) is 18.2 Å². The smallest absolute Gasteiger partial charge is 0.248 e. The van der Waals surface area contributed by atoms with Crippen LogP contribution in [0.5, 0.6) is 11.5 Å². The van der Waals surface area contributed by atoms with E-state index in [4.69, 9.17) is 9.47 Å². The maximum Gasteiger partial charge on any atom is 0.248 e. The number of thioether (sulfide) groups is 1. The molecule has 3 aliphatic rings. The molecule has 3 heterocycles. The molecule has 0 radical (unpaired) electrons. The van der Waals surface area contributed by atoms with Gasteiger partial charge in [-0.2, -0.15) is 0 Å². The maximum absolute atomic E-state index is 12.7. The van der Waals surface area contributed by atoms with Crippen molar-refractivity contribution in [3.05, 3.63) is 18.2 Å². The second-order valence-electron chi connectivity index (χ2n) is 6.33. The van der Waals surface area contributed by atoms with E-state index in [0.29, 0.717) is 54.9 Å². The van der Waals surface area contributed by atoms with Gasteiger partial charge in [-0.1, -0.05) is 0 Å². The van der Waals surface area contributed by atoms with E-state index in [9.17, 15) is 14.4 Å². The number of hydrogen-bond donors (Lipinski definition) is 2. The van der Waals surface area contributed by atoms with Gasteiger partial charge >= 0.3 is 0 Å². The summed E-state index contributed by atoms with van der Waals surface area (Å²) in [6.45, 7) is 0.978. The fourth-order valence-electron chi connectivity index (χ4n) is 3.22. The monoisotopic (exact) mass is 377 g/mol. The third-order valence-electron chi connectivity index (χ3n) is 4.57. The van der Waals surface area contributed by atoms with E-state index < -0.39 is 12.1 Å². The Morgan fingerprint density at radius 2 is 2.04 bits per heavy atom. The van der Waals surface area contributed by atoms with Gasteiger partial charge in [-0.05, 0) is 18.6 Å². The topological polar surface area (TPSA) is 97.0 Å². The molecule has 2 N–H and O–H groups in total. The summed E-state index contributed by atoms with van der Waals surface area (Å²) >= 11 is 1.53. The molecule has 2 atom stereocenters. The number of nitrogens with zero attached hydrogens (tertiary/aromatic N) is 1. The van der Waals surface area contributed by atoms with Crippen LogP contribution >= 0.6 is 11.8 Å². The van der Waals surface area contributed by atoms with Crippen LogP contribution in [0.3, 0.4) is 0 Å². The van der Waals surface area contributed by atoms with Crippen LogP contribution in [-0.4, -0.2) is 59.5 Å². The summed E-state index contributed by atoms with van der Waals surface area (Å²) in [5, 5.41) is 5.52. The van der Waals surface area contributed by atoms with E-state index in [-0.39, 0.29) is 17.7 Å². The first-order valence-electron chi connectivity index (χ1n) is 8.50. The van der Waals surface area contributed by atoms with Crippen LogP contribution < -0.4 is 20.1 Å². The molecule has 4 rings (SSSR count). The zero-order chi connectivity index (χ0) is 18.1. The number of nitrogens with one attached hydrogen (secondary N) is 2. The lowest BCUT2D eigenvalue weighted by Crippen LogP contribution is -2.50. The lowest BCUT2D eigenvalue weighted by Gasteiger charge is -2.26. The number of benzene rings is 1. The van der Waals surface area contributed by atoms with Crippen molar-refractivity contribution in [1.82, 2.24) is 10.2 Å². The van der Waals surface area contributed by atoms with Crippen molar-refractivity contribution < 1.29 is 23.9 Å². The van der Waals surface area contributed by atoms with E-state index in [1.165, 1.54) is 11.8 Å². The number of fused-ring (bicyclic) bond motifs is 1. The molecule has 0 aliphatic carbocycles. The molecule has 3 amide bonds. The molecular weight excluding hydrogens is 358 g/mol. The normalized spacial score (nSPS) is 24.3. The quantitative estimate of drug-likeness (QED) is 0.800. The molecule has 1 aromatic rings. The average molecular weight is 377 g/mol. The first-order valence-corrected chi connectivity index (χ1v) is 9.65. The van der Waals surface area contributed by atoms with Crippen molar-refractivity contribution in [1.29, 1.82) is 0 Å². The van der Waals surface area contributed by atoms with Crippen molar-refractivity contribution in [3.8, 4) is 11.5 Å². The highest BCUT2D eigenvalue weighted by molar-refractivity contribution is 7.99. The minimum absolute atomic E-state index is 0.118. The van der Waals surface area contributed by atoms with Crippen LogP contribution in [0, 0.1) is 0 Å². The molecule has 26 heavy (non-hydrogen) atoms. The molecule has 8 nitrogen and oxygen atoms in total. The minimum Gasteiger partial charge on any atom is -0.486 e. The van der Waals surface area contributed by atoms with Crippen molar-refractivity contribution in [3.63, 3.8) is 0 Å². The highest BCUT2D eigenvalue weighted by Crippen LogP contribution is 2.33. The van der Waals surface area contributed by atoms with Crippen molar-refractivity contribution in [2.24, 2.45) is 0 Å². The van der Waals surface area contributed by atoms with Crippen LogP contribution in [0.25, 0.3) is 0 Å². The molecule has 0 saturated carbocycles. The highest BCUT2D eigenvalue weighted by Gasteiger charge is 2.39. The van der Waals surface area contributed by atoms with Gasteiger partial charge in [0.15, 0.2) is 11.5 Å². The molecule has 9 heteroatoms. The average Bonchev–Trinajstić information content (AvgIpc) is 3.30. The summed E-state index contributed by atoms with van der Waals surface area (Å²) in [5.74, 6) is 1.67. The summed E-state index contributed by atoms with van der Waals surface area (Å²) in [4.78, 5) is 38.2. The lowest BCUT2D eigenvalue weighted by molar-refractivity contribution is -0.138. The zero-order valence-electron chi connectivity index (χ0n) is 14.0. The molecule has 2 saturated heterocycles. The van der Waals surface area contributed by atoms with Gasteiger partial charge in [0.05, 0.1) is 5.88 Å². The Kier molecular flexibility index (Phi) is 4.62. The Hall–Kier alpha value is -2.42. The number of anilines is 1. The summed E-state index contributed by atoms with van der Waals surface area (Å²) in [7, 11) is 0. The van der Waals surface area contributed by atoms with Gasteiger partial charge in [0, 0.05) is 23.9 Å². The SMILES string of the molecule is O=C1CCC(C(=O)N2CSCC2C(=O)Nc2ccc3c(c2)OCCO3)N1.